The van der Waals surface area contributed by atoms with E-state index in [1.807, 2.05) is 24.0 Å². The molecule has 106 valence electrons. The van der Waals surface area contributed by atoms with Gasteiger partial charge in [0.15, 0.2) is 0 Å². The fourth-order valence-corrected chi connectivity index (χ4v) is 2.61. The molecule has 0 atom stereocenters. The molecule has 1 aliphatic rings. The standard InChI is InChI=1S/C14H20N6/c1-18-5-3-12(17-18)11-19-6-8-20(9-7-19)14-2-4-16-10-13(14)15/h2-5,10H,6-9,11,15H2,1H3. The average molecular weight is 272 g/mol. The van der Waals surface area contributed by atoms with E-state index in [0.29, 0.717) is 0 Å². The van der Waals surface area contributed by atoms with Crippen molar-refractivity contribution >= 4 is 11.4 Å². The Bertz CT molecular complexity index is 571. The van der Waals surface area contributed by atoms with Gasteiger partial charge >= 0.3 is 0 Å². The predicted molar refractivity (Wildman–Crippen MR) is 79.3 cm³/mol. The third-order valence-electron chi connectivity index (χ3n) is 3.70. The molecule has 0 radical (unpaired) electrons. The Morgan fingerprint density at radius 1 is 1.20 bits per heavy atom. The summed E-state index contributed by atoms with van der Waals surface area (Å²) >= 11 is 0. The summed E-state index contributed by atoms with van der Waals surface area (Å²) in [5, 5.41) is 4.43. The van der Waals surface area contributed by atoms with E-state index in [2.05, 4.69) is 25.9 Å². The summed E-state index contributed by atoms with van der Waals surface area (Å²) in [6.07, 6.45) is 5.50. The third kappa shape index (κ3) is 2.75. The lowest BCUT2D eigenvalue weighted by molar-refractivity contribution is 0.246. The van der Waals surface area contributed by atoms with Gasteiger partial charge in [-0.25, -0.2) is 0 Å². The average Bonchev–Trinajstić information content (AvgIpc) is 2.86. The maximum absolute atomic E-state index is 5.98. The Morgan fingerprint density at radius 3 is 2.65 bits per heavy atom. The van der Waals surface area contributed by atoms with Crippen LogP contribution in [-0.4, -0.2) is 45.8 Å². The summed E-state index contributed by atoms with van der Waals surface area (Å²) in [4.78, 5) is 8.79. The summed E-state index contributed by atoms with van der Waals surface area (Å²) in [5.74, 6) is 0. The zero-order valence-corrected chi connectivity index (χ0v) is 11.7. The summed E-state index contributed by atoms with van der Waals surface area (Å²) in [6, 6.07) is 4.07. The molecule has 0 aromatic carbocycles. The van der Waals surface area contributed by atoms with E-state index in [1.54, 1.807) is 12.4 Å². The van der Waals surface area contributed by atoms with Crippen LogP contribution in [0, 0.1) is 0 Å². The van der Waals surface area contributed by atoms with Crippen LogP contribution < -0.4 is 10.6 Å². The molecular formula is C14H20N6. The van der Waals surface area contributed by atoms with E-state index in [9.17, 15) is 0 Å². The van der Waals surface area contributed by atoms with Crippen molar-refractivity contribution in [1.29, 1.82) is 0 Å². The van der Waals surface area contributed by atoms with Crippen LogP contribution >= 0.6 is 0 Å². The molecule has 6 nitrogen and oxygen atoms in total. The molecule has 3 heterocycles. The number of nitrogens with zero attached hydrogens (tertiary/aromatic N) is 5. The Morgan fingerprint density at radius 2 is 2.00 bits per heavy atom. The number of rotatable bonds is 3. The molecule has 1 fully saturated rings. The van der Waals surface area contributed by atoms with Crippen LogP contribution in [0.4, 0.5) is 11.4 Å². The van der Waals surface area contributed by atoms with Crippen LogP contribution in [0.1, 0.15) is 5.69 Å². The van der Waals surface area contributed by atoms with Gasteiger partial charge in [0.25, 0.3) is 0 Å². The lowest BCUT2D eigenvalue weighted by atomic mass is 10.2. The molecule has 0 unspecified atom stereocenters. The highest BCUT2D eigenvalue weighted by Gasteiger charge is 2.19. The third-order valence-corrected chi connectivity index (χ3v) is 3.70. The molecule has 0 amide bonds. The van der Waals surface area contributed by atoms with Crippen molar-refractivity contribution in [3.8, 4) is 0 Å². The first kappa shape index (κ1) is 12.9. The van der Waals surface area contributed by atoms with Gasteiger partial charge in [0.05, 0.1) is 23.3 Å². The minimum Gasteiger partial charge on any atom is -0.396 e. The van der Waals surface area contributed by atoms with Crippen molar-refractivity contribution in [3.63, 3.8) is 0 Å². The number of hydrogen-bond acceptors (Lipinski definition) is 5. The molecule has 1 aliphatic heterocycles. The topological polar surface area (TPSA) is 63.2 Å². The van der Waals surface area contributed by atoms with Crippen LogP contribution in [0.3, 0.4) is 0 Å². The number of anilines is 2. The van der Waals surface area contributed by atoms with Crippen molar-refractivity contribution in [2.75, 3.05) is 36.8 Å². The first-order valence-electron chi connectivity index (χ1n) is 6.88. The molecule has 2 N–H and O–H groups in total. The predicted octanol–water partition coefficient (Wildman–Crippen LogP) is 0.720. The molecule has 1 saturated heterocycles. The number of piperazine rings is 1. The second kappa shape index (κ2) is 5.50. The highest BCUT2D eigenvalue weighted by atomic mass is 15.3. The quantitative estimate of drug-likeness (QED) is 0.892. The molecule has 0 spiro atoms. The highest BCUT2D eigenvalue weighted by Crippen LogP contribution is 2.22. The summed E-state index contributed by atoms with van der Waals surface area (Å²) in [5.41, 5.74) is 8.96. The van der Waals surface area contributed by atoms with Gasteiger partial charge in [0.1, 0.15) is 0 Å². The number of aromatic nitrogens is 3. The van der Waals surface area contributed by atoms with Crippen LogP contribution in [0.2, 0.25) is 0 Å². The Hall–Kier alpha value is -2.08. The van der Waals surface area contributed by atoms with Gasteiger partial charge < -0.3 is 10.6 Å². The van der Waals surface area contributed by atoms with Crippen LogP contribution in [0.25, 0.3) is 0 Å². The van der Waals surface area contributed by atoms with E-state index < -0.39 is 0 Å². The van der Waals surface area contributed by atoms with Gasteiger partial charge in [-0.05, 0) is 12.1 Å². The van der Waals surface area contributed by atoms with Gasteiger partial charge in [-0.2, -0.15) is 5.10 Å². The molecule has 0 bridgehead atoms. The van der Waals surface area contributed by atoms with Crippen molar-refractivity contribution in [2.45, 2.75) is 6.54 Å². The fraction of sp³-hybridized carbons (Fsp3) is 0.429. The van der Waals surface area contributed by atoms with Gasteiger partial charge in [-0.1, -0.05) is 0 Å². The summed E-state index contributed by atoms with van der Waals surface area (Å²) < 4.78 is 1.85. The number of hydrogen-bond donors (Lipinski definition) is 1. The normalized spacial score (nSPS) is 16.6. The molecule has 2 aromatic heterocycles. The van der Waals surface area contributed by atoms with Gasteiger partial charge in [-0.3, -0.25) is 14.6 Å². The van der Waals surface area contributed by atoms with Crippen molar-refractivity contribution < 1.29 is 0 Å². The SMILES string of the molecule is Cn1ccc(CN2CCN(c3ccncc3N)CC2)n1. The largest absolute Gasteiger partial charge is 0.396 e. The zero-order chi connectivity index (χ0) is 13.9. The van der Waals surface area contributed by atoms with E-state index in [0.717, 1.165) is 49.8 Å². The molecule has 20 heavy (non-hydrogen) atoms. The van der Waals surface area contributed by atoms with Crippen molar-refractivity contribution in [3.05, 3.63) is 36.4 Å². The molecule has 6 heteroatoms. The maximum atomic E-state index is 5.98. The lowest BCUT2D eigenvalue weighted by Gasteiger charge is -2.36. The van der Waals surface area contributed by atoms with Crippen LogP contribution in [0.5, 0.6) is 0 Å². The second-order valence-corrected chi connectivity index (χ2v) is 5.18. The lowest BCUT2D eigenvalue weighted by Crippen LogP contribution is -2.46. The molecule has 0 aliphatic carbocycles. The number of nitrogens with two attached hydrogens (primary N) is 1. The van der Waals surface area contributed by atoms with Gasteiger partial charge in [0.2, 0.25) is 0 Å². The molecule has 3 rings (SSSR count). The first-order chi connectivity index (χ1) is 9.72. The molecular weight excluding hydrogens is 252 g/mol. The maximum Gasteiger partial charge on any atom is 0.0764 e. The number of aryl methyl sites for hydroxylation is 1. The van der Waals surface area contributed by atoms with Crippen LogP contribution in [-0.2, 0) is 13.6 Å². The Labute approximate surface area is 118 Å². The van der Waals surface area contributed by atoms with E-state index in [4.69, 9.17) is 5.73 Å². The zero-order valence-electron chi connectivity index (χ0n) is 11.7. The molecule has 2 aromatic rings. The van der Waals surface area contributed by atoms with Gasteiger partial charge in [-0.15, -0.1) is 0 Å². The first-order valence-corrected chi connectivity index (χ1v) is 6.88. The summed E-state index contributed by atoms with van der Waals surface area (Å²) in [7, 11) is 1.95. The monoisotopic (exact) mass is 272 g/mol. The highest BCUT2D eigenvalue weighted by molar-refractivity contribution is 5.66. The van der Waals surface area contributed by atoms with Gasteiger partial charge in [0, 0.05) is 52.2 Å². The number of pyridine rings is 1. The van der Waals surface area contributed by atoms with E-state index in [-0.39, 0.29) is 0 Å². The van der Waals surface area contributed by atoms with E-state index in [1.165, 1.54) is 0 Å². The second-order valence-electron chi connectivity index (χ2n) is 5.18. The minimum atomic E-state index is 0.755. The Kier molecular flexibility index (Phi) is 3.56. The van der Waals surface area contributed by atoms with Crippen molar-refractivity contribution in [1.82, 2.24) is 19.7 Å². The smallest absolute Gasteiger partial charge is 0.0764 e. The Balaban J connectivity index is 1.58. The summed E-state index contributed by atoms with van der Waals surface area (Å²) in [6.45, 7) is 4.94. The van der Waals surface area contributed by atoms with Crippen molar-refractivity contribution in [2.24, 2.45) is 7.05 Å². The fourth-order valence-electron chi connectivity index (χ4n) is 2.61. The van der Waals surface area contributed by atoms with E-state index >= 15 is 0 Å². The molecule has 0 saturated carbocycles. The van der Waals surface area contributed by atoms with Crippen LogP contribution in [0.15, 0.2) is 30.7 Å². The number of nitrogen functional groups attached to an aromatic ring is 1. The minimum absolute atomic E-state index is 0.755.